The molecule has 2 aromatic heterocycles. The largest absolute Gasteiger partial charge is 0.461 e. The predicted octanol–water partition coefficient (Wildman–Crippen LogP) is 2.26. The number of aromatic nitrogens is 2. The minimum Gasteiger partial charge on any atom is -0.461 e. The van der Waals surface area contributed by atoms with Crippen LogP contribution in [0, 0.1) is 0 Å². The average molecular weight is 325 g/mol. The number of benzene rings is 1. The number of aliphatic hydroxyl groups is 1. The first-order chi connectivity index (χ1) is 11.8. The van der Waals surface area contributed by atoms with Crippen molar-refractivity contribution >= 4 is 16.7 Å². The van der Waals surface area contributed by atoms with Gasteiger partial charge in [0.1, 0.15) is 23.7 Å². The summed E-state index contributed by atoms with van der Waals surface area (Å²) in [7, 11) is 0. The van der Waals surface area contributed by atoms with E-state index in [4.69, 9.17) is 14.3 Å². The molecule has 1 aliphatic heterocycles. The van der Waals surface area contributed by atoms with Gasteiger partial charge in [0, 0.05) is 30.5 Å². The van der Waals surface area contributed by atoms with Gasteiger partial charge in [-0.25, -0.2) is 9.97 Å². The van der Waals surface area contributed by atoms with E-state index in [2.05, 4.69) is 20.9 Å². The summed E-state index contributed by atoms with van der Waals surface area (Å²) in [5.74, 6) is 2.51. The molecule has 124 valence electrons. The summed E-state index contributed by atoms with van der Waals surface area (Å²) in [6.07, 6.45) is 2.13. The van der Waals surface area contributed by atoms with E-state index >= 15 is 0 Å². The second-order valence-corrected chi connectivity index (χ2v) is 5.77. The molecule has 1 fully saturated rings. The van der Waals surface area contributed by atoms with Crippen molar-refractivity contribution in [2.45, 2.75) is 6.42 Å². The zero-order valence-electron chi connectivity index (χ0n) is 13.3. The maximum atomic E-state index is 9.03. The van der Waals surface area contributed by atoms with Gasteiger partial charge in [0.2, 0.25) is 0 Å². The van der Waals surface area contributed by atoms with Crippen LogP contribution in [0.2, 0.25) is 0 Å². The lowest BCUT2D eigenvalue weighted by Gasteiger charge is -2.28. The third kappa shape index (κ3) is 2.86. The van der Waals surface area contributed by atoms with Crippen molar-refractivity contribution in [1.82, 2.24) is 9.97 Å². The van der Waals surface area contributed by atoms with E-state index in [1.165, 1.54) is 0 Å². The molecule has 6 heteroatoms. The Morgan fingerprint density at radius 2 is 1.96 bits per heavy atom. The fraction of sp³-hybridized carbons (Fsp3) is 0.333. The van der Waals surface area contributed by atoms with Crippen LogP contribution in [-0.4, -0.2) is 48.0 Å². The molecule has 0 saturated carbocycles. The molecule has 4 rings (SSSR count). The first-order valence-electron chi connectivity index (χ1n) is 8.12. The number of fused-ring (bicyclic) bond motifs is 1. The van der Waals surface area contributed by atoms with Gasteiger partial charge < -0.3 is 19.2 Å². The number of morpholine rings is 1. The van der Waals surface area contributed by atoms with E-state index in [1.54, 1.807) is 6.33 Å². The lowest BCUT2D eigenvalue weighted by atomic mass is 10.1. The molecule has 1 aromatic carbocycles. The molecule has 1 saturated heterocycles. The van der Waals surface area contributed by atoms with Crippen molar-refractivity contribution in [3.8, 4) is 11.3 Å². The standard InChI is InChI=1S/C18H19N3O3/c22-8-5-14-2-4-17(24-14)13-1-3-16-15(11-13)18(20-12-19-16)21-6-9-23-10-7-21/h1-4,11-12,22H,5-10H2. The summed E-state index contributed by atoms with van der Waals surface area (Å²) >= 11 is 0. The van der Waals surface area contributed by atoms with E-state index in [9.17, 15) is 0 Å². The van der Waals surface area contributed by atoms with E-state index in [-0.39, 0.29) is 6.61 Å². The molecule has 3 aromatic rings. The zero-order chi connectivity index (χ0) is 16.4. The molecule has 6 nitrogen and oxygen atoms in total. The highest BCUT2D eigenvalue weighted by Gasteiger charge is 2.16. The first kappa shape index (κ1) is 15.1. The number of ether oxygens (including phenoxy) is 1. The van der Waals surface area contributed by atoms with Gasteiger partial charge in [0.05, 0.1) is 25.3 Å². The van der Waals surface area contributed by atoms with Crippen molar-refractivity contribution in [3.05, 3.63) is 42.4 Å². The summed E-state index contributed by atoms with van der Waals surface area (Å²) in [6.45, 7) is 3.18. The second-order valence-electron chi connectivity index (χ2n) is 5.77. The predicted molar refractivity (Wildman–Crippen MR) is 91.1 cm³/mol. The molecule has 0 bridgehead atoms. The van der Waals surface area contributed by atoms with Crippen molar-refractivity contribution in [2.24, 2.45) is 0 Å². The van der Waals surface area contributed by atoms with Crippen LogP contribution in [0.4, 0.5) is 5.82 Å². The summed E-state index contributed by atoms with van der Waals surface area (Å²) in [5.41, 5.74) is 1.90. The van der Waals surface area contributed by atoms with Crippen LogP contribution < -0.4 is 4.90 Å². The Bertz CT molecular complexity index is 840. The molecular formula is C18H19N3O3. The number of hydrogen-bond donors (Lipinski definition) is 1. The van der Waals surface area contributed by atoms with Crippen molar-refractivity contribution in [3.63, 3.8) is 0 Å². The number of furan rings is 1. The van der Waals surface area contributed by atoms with Gasteiger partial charge >= 0.3 is 0 Å². The maximum Gasteiger partial charge on any atom is 0.140 e. The van der Waals surface area contributed by atoms with Gasteiger partial charge in [-0.1, -0.05) is 0 Å². The smallest absolute Gasteiger partial charge is 0.140 e. The van der Waals surface area contributed by atoms with Crippen LogP contribution in [0.5, 0.6) is 0 Å². The molecule has 0 amide bonds. The molecule has 0 radical (unpaired) electrons. The Labute approximate surface area is 139 Å². The van der Waals surface area contributed by atoms with Gasteiger partial charge in [0.25, 0.3) is 0 Å². The average Bonchev–Trinajstić information content (AvgIpc) is 3.10. The summed E-state index contributed by atoms with van der Waals surface area (Å²) in [4.78, 5) is 11.1. The van der Waals surface area contributed by atoms with Crippen LogP contribution in [0.15, 0.2) is 41.1 Å². The summed E-state index contributed by atoms with van der Waals surface area (Å²) in [5, 5.41) is 10.0. The Morgan fingerprint density at radius 1 is 1.08 bits per heavy atom. The third-order valence-corrected chi connectivity index (χ3v) is 4.23. The zero-order valence-corrected chi connectivity index (χ0v) is 13.3. The SMILES string of the molecule is OCCc1ccc(-c2ccc3ncnc(N4CCOCC4)c3c2)o1. The van der Waals surface area contributed by atoms with Gasteiger partial charge in [-0.05, 0) is 30.3 Å². The van der Waals surface area contributed by atoms with Crippen molar-refractivity contribution in [1.29, 1.82) is 0 Å². The molecule has 3 heterocycles. The topological polar surface area (TPSA) is 71.6 Å². The fourth-order valence-corrected chi connectivity index (χ4v) is 3.00. The summed E-state index contributed by atoms with van der Waals surface area (Å²) in [6, 6.07) is 9.90. The number of hydrogen-bond acceptors (Lipinski definition) is 6. The van der Waals surface area contributed by atoms with Crippen LogP contribution >= 0.6 is 0 Å². The normalized spacial score (nSPS) is 15.1. The quantitative estimate of drug-likeness (QED) is 0.793. The highest BCUT2D eigenvalue weighted by atomic mass is 16.5. The Balaban J connectivity index is 1.75. The van der Waals surface area contributed by atoms with Gasteiger partial charge in [-0.15, -0.1) is 0 Å². The Hall–Kier alpha value is -2.44. The van der Waals surface area contributed by atoms with Gasteiger partial charge in [0.15, 0.2) is 0 Å². The maximum absolute atomic E-state index is 9.03. The van der Waals surface area contributed by atoms with Crippen LogP contribution in [-0.2, 0) is 11.2 Å². The minimum absolute atomic E-state index is 0.0830. The first-order valence-corrected chi connectivity index (χ1v) is 8.12. The molecule has 0 spiro atoms. The number of rotatable bonds is 4. The number of aliphatic hydroxyl groups excluding tert-OH is 1. The lowest BCUT2D eigenvalue weighted by Crippen LogP contribution is -2.36. The van der Waals surface area contributed by atoms with Gasteiger partial charge in [-0.3, -0.25) is 0 Å². The highest BCUT2D eigenvalue weighted by Crippen LogP contribution is 2.30. The van der Waals surface area contributed by atoms with Crippen LogP contribution in [0.1, 0.15) is 5.76 Å². The summed E-state index contributed by atoms with van der Waals surface area (Å²) < 4.78 is 11.2. The fourth-order valence-electron chi connectivity index (χ4n) is 3.00. The molecule has 1 aliphatic rings. The lowest BCUT2D eigenvalue weighted by molar-refractivity contribution is 0.122. The van der Waals surface area contributed by atoms with Gasteiger partial charge in [-0.2, -0.15) is 0 Å². The van der Waals surface area contributed by atoms with E-state index in [0.29, 0.717) is 19.6 Å². The van der Waals surface area contributed by atoms with Crippen molar-refractivity contribution < 1.29 is 14.3 Å². The van der Waals surface area contributed by atoms with Crippen LogP contribution in [0.25, 0.3) is 22.2 Å². The molecule has 0 atom stereocenters. The molecule has 24 heavy (non-hydrogen) atoms. The Kier molecular flexibility index (Phi) is 4.15. The molecular weight excluding hydrogens is 306 g/mol. The highest BCUT2D eigenvalue weighted by molar-refractivity contribution is 5.92. The van der Waals surface area contributed by atoms with E-state index in [1.807, 2.05) is 24.3 Å². The van der Waals surface area contributed by atoms with E-state index < -0.39 is 0 Å². The molecule has 0 aliphatic carbocycles. The van der Waals surface area contributed by atoms with Crippen molar-refractivity contribution in [2.75, 3.05) is 37.8 Å². The third-order valence-electron chi connectivity index (χ3n) is 4.23. The van der Waals surface area contributed by atoms with Crippen LogP contribution in [0.3, 0.4) is 0 Å². The molecule has 0 unspecified atom stereocenters. The number of nitrogens with zero attached hydrogens (tertiary/aromatic N) is 3. The van der Waals surface area contributed by atoms with E-state index in [0.717, 1.165) is 46.9 Å². The monoisotopic (exact) mass is 325 g/mol. The number of anilines is 1. The second kappa shape index (κ2) is 6.59. The molecule has 1 N–H and O–H groups in total. The minimum atomic E-state index is 0.0830. The Morgan fingerprint density at radius 3 is 2.79 bits per heavy atom.